The van der Waals surface area contributed by atoms with Gasteiger partial charge in [0.25, 0.3) is 0 Å². The van der Waals surface area contributed by atoms with Crippen molar-refractivity contribution < 1.29 is 0 Å². The predicted molar refractivity (Wildman–Crippen MR) is 137 cm³/mol. The first-order chi connectivity index (χ1) is 15.8. The summed E-state index contributed by atoms with van der Waals surface area (Å²) >= 11 is 1.87. The van der Waals surface area contributed by atoms with Crippen molar-refractivity contribution in [2.45, 2.75) is 31.8 Å². The lowest BCUT2D eigenvalue weighted by atomic mass is 9.80. The number of thiophene rings is 1. The van der Waals surface area contributed by atoms with Crippen LogP contribution in [-0.4, -0.2) is 24.5 Å². The van der Waals surface area contributed by atoms with Crippen LogP contribution in [0.3, 0.4) is 0 Å². The highest BCUT2D eigenvalue weighted by Crippen LogP contribution is 2.34. The van der Waals surface area contributed by atoms with E-state index >= 15 is 0 Å². The molecule has 0 saturated carbocycles. The molecule has 0 bridgehead atoms. The largest absolute Gasteiger partial charge is 0.310 e. The Morgan fingerprint density at radius 1 is 0.938 bits per heavy atom. The van der Waals surface area contributed by atoms with E-state index in [1.165, 1.54) is 39.7 Å². The molecule has 5 rings (SSSR count). The Hall–Kier alpha value is -2.46. The summed E-state index contributed by atoms with van der Waals surface area (Å²) < 4.78 is 0. The summed E-state index contributed by atoms with van der Waals surface area (Å²) in [6, 6.07) is 31.3. The lowest BCUT2D eigenvalue weighted by Crippen LogP contribution is -2.42. The highest BCUT2D eigenvalue weighted by molar-refractivity contribution is 7.09. The predicted octanol–water partition coefficient (Wildman–Crippen LogP) is 6.86. The van der Waals surface area contributed by atoms with Crippen molar-refractivity contribution in [2.75, 3.05) is 19.6 Å². The highest BCUT2D eigenvalue weighted by Gasteiger charge is 2.30. The van der Waals surface area contributed by atoms with Crippen LogP contribution in [0.4, 0.5) is 0 Å². The molecule has 0 spiro atoms. The number of hydrogen-bond acceptors (Lipinski definition) is 3. The number of fused-ring (bicyclic) bond motifs is 1. The summed E-state index contributed by atoms with van der Waals surface area (Å²) in [6.07, 6.45) is 1.24. The average Bonchev–Trinajstić information content (AvgIpc) is 3.36. The molecular weight excluding hydrogens is 408 g/mol. The van der Waals surface area contributed by atoms with Gasteiger partial charge in [-0.1, -0.05) is 78.9 Å². The summed E-state index contributed by atoms with van der Waals surface area (Å²) in [4.78, 5) is 4.12. The van der Waals surface area contributed by atoms with Crippen LogP contribution in [-0.2, 0) is 6.54 Å². The van der Waals surface area contributed by atoms with Crippen molar-refractivity contribution in [3.63, 3.8) is 0 Å². The Labute approximate surface area is 195 Å². The van der Waals surface area contributed by atoms with E-state index in [1.54, 1.807) is 0 Å². The van der Waals surface area contributed by atoms with Crippen molar-refractivity contribution in [1.82, 2.24) is 10.2 Å². The molecule has 1 saturated heterocycles. The zero-order chi connectivity index (χ0) is 21.8. The Bertz CT molecular complexity index is 1120. The van der Waals surface area contributed by atoms with Crippen molar-refractivity contribution in [3.05, 3.63) is 106 Å². The first-order valence-electron chi connectivity index (χ1n) is 11.8. The second kappa shape index (κ2) is 9.99. The molecule has 0 radical (unpaired) electrons. The van der Waals surface area contributed by atoms with Gasteiger partial charge >= 0.3 is 0 Å². The van der Waals surface area contributed by atoms with Crippen molar-refractivity contribution >= 4 is 22.1 Å². The van der Waals surface area contributed by atoms with Crippen LogP contribution in [0, 0.1) is 5.92 Å². The standard InChI is InChI=1S/C29H32N2S/c1-22(27-15-7-12-23-11-5-6-14-28(23)27)30-19-25-16-17-31(20-26-13-8-18-32-26)21-29(25)24-9-3-2-4-10-24/h2-15,18,22,25,29-30H,16-17,19-21H2,1H3/t22-,25?,29?/m1/s1. The molecule has 164 valence electrons. The zero-order valence-electron chi connectivity index (χ0n) is 18.8. The average molecular weight is 441 g/mol. The minimum absolute atomic E-state index is 0.335. The van der Waals surface area contributed by atoms with E-state index in [2.05, 4.69) is 107 Å². The van der Waals surface area contributed by atoms with E-state index in [9.17, 15) is 0 Å². The van der Waals surface area contributed by atoms with Gasteiger partial charge in [0.1, 0.15) is 0 Å². The van der Waals surface area contributed by atoms with Crippen molar-refractivity contribution in [2.24, 2.45) is 5.92 Å². The van der Waals surface area contributed by atoms with Crippen LogP contribution in [0.2, 0.25) is 0 Å². The Balaban J connectivity index is 1.30. The van der Waals surface area contributed by atoms with E-state index in [0.29, 0.717) is 17.9 Å². The molecule has 4 aromatic rings. The van der Waals surface area contributed by atoms with Gasteiger partial charge in [0.05, 0.1) is 0 Å². The fourth-order valence-corrected chi connectivity index (χ4v) is 5.97. The van der Waals surface area contributed by atoms with Crippen LogP contribution in [0.1, 0.15) is 41.3 Å². The molecule has 3 atom stereocenters. The number of likely N-dealkylation sites (tertiary alicyclic amines) is 1. The third-order valence-electron chi connectivity index (χ3n) is 7.00. The second-order valence-corrected chi connectivity index (χ2v) is 10.1. The van der Waals surface area contributed by atoms with Crippen LogP contribution >= 0.6 is 11.3 Å². The number of rotatable bonds is 7. The maximum absolute atomic E-state index is 3.90. The van der Waals surface area contributed by atoms with Crippen LogP contribution < -0.4 is 5.32 Å². The number of nitrogens with zero attached hydrogens (tertiary/aromatic N) is 1. The fourth-order valence-electron chi connectivity index (χ4n) is 5.22. The smallest absolute Gasteiger partial charge is 0.0328 e. The molecular formula is C29H32N2S. The first kappa shape index (κ1) is 21.4. The van der Waals surface area contributed by atoms with Gasteiger partial charge in [0.2, 0.25) is 0 Å². The van der Waals surface area contributed by atoms with Crippen LogP contribution in [0.25, 0.3) is 10.8 Å². The van der Waals surface area contributed by atoms with E-state index in [0.717, 1.165) is 19.6 Å². The molecule has 1 aliphatic rings. The Morgan fingerprint density at radius 2 is 1.75 bits per heavy atom. The van der Waals surface area contributed by atoms with Gasteiger partial charge in [-0.25, -0.2) is 0 Å². The van der Waals surface area contributed by atoms with Gasteiger partial charge in [-0.05, 0) is 65.7 Å². The summed E-state index contributed by atoms with van der Waals surface area (Å²) in [6.45, 7) is 6.75. The van der Waals surface area contributed by atoms with E-state index in [4.69, 9.17) is 0 Å². The zero-order valence-corrected chi connectivity index (χ0v) is 19.6. The number of piperidine rings is 1. The second-order valence-electron chi connectivity index (χ2n) is 9.08. The molecule has 0 amide bonds. The van der Waals surface area contributed by atoms with E-state index < -0.39 is 0 Å². The molecule has 1 aromatic heterocycles. The van der Waals surface area contributed by atoms with Crippen molar-refractivity contribution in [3.8, 4) is 0 Å². The van der Waals surface area contributed by atoms with Gasteiger partial charge in [0, 0.05) is 29.9 Å². The molecule has 2 unspecified atom stereocenters. The summed E-state index contributed by atoms with van der Waals surface area (Å²) in [5.74, 6) is 1.21. The van der Waals surface area contributed by atoms with E-state index in [-0.39, 0.29) is 0 Å². The summed E-state index contributed by atoms with van der Waals surface area (Å²) in [5.41, 5.74) is 2.88. The van der Waals surface area contributed by atoms with Gasteiger partial charge in [0.15, 0.2) is 0 Å². The first-order valence-corrected chi connectivity index (χ1v) is 12.7. The topological polar surface area (TPSA) is 15.3 Å². The Kier molecular flexibility index (Phi) is 6.68. The van der Waals surface area contributed by atoms with Gasteiger partial charge in [-0.15, -0.1) is 11.3 Å². The molecule has 32 heavy (non-hydrogen) atoms. The third kappa shape index (κ3) is 4.80. The molecule has 3 heteroatoms. The molecule has 0 aliphatic carbocycles. The quantitative estimate of drug-likeness (QED) is 0.338. The maximum atomic E-state index is 3.90. The van der Waals surface area contributed by atoms with Gasteiger partial charge in [-0.3, -0.25) is 4.90 Å². The number of benzene rings is 3. The SMILES string of the molecule is C[C@@H](NCC1CCN(Cc2cccs2)CC1c1ccccc1)c1cccc2ccccc12. The fraction of sp³-hybridized carbons (Fsp3) is 0.310. The monoisotopic (exact) mass is 440 g/mol. The molecule has 2 nitrogen and oxygen atoms in total. The third-order valence-corrected chi connectivity index (χ3v) is 7.86. The summed E-state index contributed by atoms with van der Waals surface area (Å²) in [5, 5.41) is 8.78. The molecule has 2 heterocycles. The summed E-state index contributed by atoms with van der Waals surface area (Å²) in [7, 11) is 0. The lowest BCUT2D eigenvalue weighted by molar-refractivity contribution is 0.149. The molecule has 3 aromatic carbocycles. The Morgan fingerprint density at radius 3 is 2.59 bits per heavy atom. The normalized spacial score (nSPS) is 20.4. The van der Waals surface area contributed by atoms with Crippen LogP contribution in [0.15, 0.2) is 90.3 Å². The minimum atomic E-state index is 0.335. The number of nitrogens with one attached hydrogen (secondary N) is 1. The molecule has 1 aliphatic heterocycles. The highest BCUT2D eigenvalue weighted by atomic mass is 32.1. The van der Waals surface area contributed by atoms with Gasteiger partial charge < -0.3 is 5.32 Å². The van der Waals surface area contributed by atoms with Crippen LogP contribution in [0.5, 0.6) is 0 Å². The van der Waals surface area contributed by atoms with E-state index in [1.807, 2.05) is 11.3 Å². The number of hydrogen-bond donors (Lipinski definition) is 1. The van der Waals surface area contributed by atoms with Gasteiger partial charge in [-0.2, -0.15) is 0 Å². The molecule has 1 fully saturated rings. The van der Waals surface area contributed by atoms with Crippen molar-refractivity contribution in [1.29, 1.82) is 0 Å². The minimum Gasteiger partial charge on any atom is -0.310 e. The molecule has 1 N–H and O–H groups in total. The lowest BCUT2D eigenvalue weighted by Gasteiger charge is -2.39. The maximum Gasteiger partial charge on any atom is 0.0328 e.